The first-order valence-electron chi connectivity index (χ1n) is 10.9. The number of hydrogen-bond acceptors (Lipinski definition) is 5. The van der Waals surface area contributed by atoms with E-state index in [1.54, 1.807) is 0 Å². The summed E-state index contributed by atoms with van der Waals surface area (Å²) in [4.78, 5) is 23.1. The number of aromatic amines is 1. The maximum Gasteiger partial charge on any atom is 0.254 e. The molecule has 0 amide bonds. The third-order valence-electron chi connectivity index (χ3n) is 6.88. The molecular weight excluding hydrogens is 366 g/mol. The highest BCUT2D eigenvalue weighted by Gasteiger charge is 2.44. The largest absolute Gasteiger partial charge is 0.491 e. The summed E-state index contributed by atoms with van der Waals surface area (Å²) in [6.07, 6.45) is 6.33. The van der Waals surface area contributed by atoms with Crippen LogP contribution in [0.3, 0.4) is 0 Å². The zero-order chi connectivity index (χ0) is 19.8. The van der Waals surface area contributed by atoms with Crippen LogP contribution in [-0.2, 0) is 18.4 Å². The summed E-state index contributed by atoms with van der Waals surface area (Å²) in [5.41, 5.74) is 3.39. The van der Waals surface area contributed by atoms with E-state index in [1.165, 1.54) is 0 Å². The van der Waals surface area contributed by atoms with Crippen LogP contribution in [0.25, 0.3) is 0 Å². The lowest BCUT2D eigenvalue weighted by molar-refractivity contribution is 0.147. The molecule has 154 valence electrons. The molecular formula is C23H29N3O3. The van der Waals surface area contributed by atoms with Crippen molar-refractivity contribution in [2.75, 3.05) is 26.3 Å². The molecule has 1 aromatic carbocycles. The SMILES string of the molecule is O=c1[nH]c(C2CC2)nc2c1CCC21CCN(Cc2ccccc2OCCO)CC1. The normalized spacial score (nSPS) is 20.7. The van der Waals surface area contributed by atoms with E-state index in [9.17, 15) is 4.79 Å². The minimum atomic E-state index is 0.0228. The van der Waals surface area contributed by atoms with Crippen LogP contribution in [0, 0.1) is 0 Å². The first-order chi connectivity index (χ1) is 14.2. The van der Waals surface area contributed by atoms with E-state index in [0.717, 1.165) is 86.6 Å². The van der Waals surface area contributed by atoms with E-state index < -0.39 is 0 Å². The number of likely N-dealkylation sites (tertiary alicyclic amines) is 1. The predicted molar refractivity (Wildman–Crippen MR) is 110 cm³/mol. The summed E-state index contributed by atoms with van der Waals surface area (Å²) in [6.45, 7) is 3.19. The van der Waals surface area contributed by atoms with Crippen molar-refractivity contribution in [1.29, 1.82) is 0 Å². The predicted octanol–water partition coefficient (Wildman–Crippen LogP) is 2.50. The van der Waals surface area contributed by atoms with Crippen LogP contribution in [0.5, 0.6) is 5.75 Å². The van der Waals surface area contributed by atoms with Crippen molar-refractivity contribution in [2.24, 2.45) is 0 Å². The second-order valence-corrected chi connectivity index (χ2v) is 8.79. The number of aliphatic hydroxyl groups excluding tert-OH is 1. The molecule has 6 heteroatoms. The fraction of sp³-hybridized carbons (Fsp3) is 0.565. The number of ether oxygens (including phenoxy) is 1. The molecule has 3 aliphatic rings. The third kappa shape index (κ3) is 3.60. The summed E-state index contributed by atoms with van der Waals surface area (Å²) in [5.74, 6) is 2.25. The molecule has 29 heavy (non-hydrogen) atoms. The Morgan fingerprint density at radius 3 is 2.76 bits per heavy atom. The van der Waals surface area contributed by atoms with Gasteiger partial charge in [0.15, 0.2) is 0 Å². The molecule has 2 fully saturated rings. The number of rotatable bonds is 6. The van der Waals surface area contributed by atoms with Gasteiger partial charge in [0.05, 0.1) is 12.3 Å². The lowest BCUT2D eigenvalue weighted by atomic mass is 9.76. The molecule has 2 heterocycles. The van der Waals surface area contributed by atoms with Crippen molar-refractivity contribution in [1.82, 2.24) is 14.9 Å². The quantitative estimate of drug-likeness (QED) is 0.786. The standard InChI is InChI=1S/C23H29N3O3/c27-13-14-29-19-4-2-1-3-17(19)15-26-11-9-23(10-12-26)8-7-18-20(23)24-21(16-5-6-16)25-22(18)28/h1-4,16,27H,5-15H2,(H,24,25,28). The average molecular weight is 396 g/mol. The summed E-state index contributed by atoms with van der Waals surface area (Å²) < 4.78 is 5.70. The summed E-state index contributed by atoms with van der Waals surface area (Å²) in [6, 6.07) is 8.08. The fourth-order valence-electron chi connectivity index (χ4n) is 5.02. The molecule has 0 unspecified atom stereocenters. The van der Waals surface area contributed by atoms with Crippen molar-refractivity contribution in [2.45, 2.75) is 56.4 Å². The van der Waals surface area contributed by atoms with E-state index in [2.05, 4.69) is 16.0 Å². The smallest absolute Gasteiger partial charge is 0.254 e. The van der Waals surface area contributed by atoms with Gasteiger partial charge in [-0.1, -0.05) is 18.2 Å². The first-order valence-corrected chi connectivity index (χ1v) is 10.9. The van der Waals surface area contributed by atoms with Gasteiger partial charge in [-0.2, -0.15) is 0 Å². The van der Waals surface area contributed by atoms with Gasteiger partial charge in [0.2, 0.25) is 0 Å². The van der Waals surface area contributed by atoms with E-state index >= 15 is 0 Å². The minimum Gasteiger partial charge on any atom is -0.491 e. The highest BCUT2D eigenvalue weighted by molar-refractivity contribution is 5.35. The third-order valence-corrected chi connectivity index (χ3v) is 6.88. The monoisotopic (exact) mass is 395 g/mol. The Labute approximate surface area is 170 Å². The number of piperidine rings is 1. The Morgan fingerprint density at radius 1 is 1.21 bits per heavy atom. The molecule has 1 aliphatic heterocycles. The van der Waals surface area contributed by atoms with E-state index in [-0.39, 0.29) is 17.6 Å². The lowest BCUT2D eigenvalue weighted by Gasteiger charge is -2.39. The highest BCUT2D eigenvalue weighted by Crippen LogP contribution is 2.46. The van der Waals surface area contributed by atoms with Crippen LogP contribution in [0.15, 0.2) is 29.1 Å². The van der Waals surface area contributed by atoms with Gasteiger partial charge < -0.3 is 14.8 Å². The van der Waals surface area contributed by atoms with Gasteiger partial charge >= 0.3 is 0 Å². The van der Waals surface area contributed by atoms with Gasteiger partial charge in [-0.25, -0.2) is 4.98 Å². The fourth-order valence-corrected chi connectivity index (χ4v) is 5.02. The van der Waals surface area contributed by atoms with E-state index in [0.29, 0.717) is 12.5 Å². The maximum absolute atomic E-state index is 12.6. The Morgan fingerprint density at radius 2 is 2.00 bits per heavy atom. The number of H-pyrrole nitrogens is 1. The first kappa shape index (κ1) is 18.8. The zero-order valence-corrected chi connectivity index (χ0v) is 16.8. The molecule has 1 spiro atoms. The van der Waals surface area contributed by atoms with Gasteiger partial charge in [0, 0.05) is 29.0 Å². The number of fused-ring (bicyclic) bond motifs is 2. The van der Waals surface area contributed by atoms with Gasteiger partial charge in [0.1, 0.15) is 18.2 Å². The van der Waals surface area contributed by atoms with Crippen LogP contribution in [0.1, 0.15) is 60.7 Å². The van der Waals surface area contributed by atoms with Crippen molar-refractivity contribution < 1.29 is 9.84 Å². The van der Waals surface area contributed by atoms with E-state index in [4.69, 9.17) is 14.8 Å². The van der Waals surface area contributed by atoms with E-state index in [1.807, 2.05) is 18.2 Å². The molecule has 5 rings (SSSR count). The summed E-state index contributed by atoms with van der Waals surface area (Å²) >= 11 is 0. The second kappa shape index (κ2) is 7.58. The van der Waals surface area contributed by atoms with Crippen molar-refractivity contribution in [3.63, 3.8) is 0 Å². The molecule has 6 nitrogen and oxygen atoms in total. The molecule has 0 radical (unpaired) electrons. The molecule has 0 bridgehead atoms. The molecule has 1 saturated carbocycles. The summed E-state index contributed by atoms with van der Waals surface area (Å²) in [5, 5.41) is 9.05. The number of nitrogens with one attached hydrogen (secondary N) is 1. The number of aliphatic hydroxyl groups is 1. The van der Waals surface area contributed by atoms with Crippen LogP contribution < -0.4 is 10.3 Å². The topological polar surface area (TPSA) is 78.5 Å². The number of benzene rings is 1. The van der Waals surface area contributed by atoms with Crippen molar-refractivity contribution in [3.05, 3.63) is 57.3 Å². The molecule has 0 atom stereocenters. The number of para-hydroxylation sites is 1. The second-order valence-electron chi connectivity index (χ2n) is 8.79. The van der Waals surface area contributed by atoms with Gasteiger partial charge in [-0.05, 0) is 57.7 Å². The number of nitrogens with zero attached hydrogens (tertiary/aromatic N) is 2. The van der Waals surface area contributed by atoms with Gasteiger partial charge in [0.25, 0.3) is 5.56 Å². The molecule has 1 saturated heterocycles. The highest BCUT2D eigenvalue weighted by atomic mass is 16.5. The number of aromatic nitrogens is 2. The van der Waals surface area contributed by atoms with Crippen LogP contribution in [-0.4, -0.2) is 46.3 Å². The summed E-state index contributed by atoms with van der Waals surface area (Å²) in [7, 11) is 0. The van der Waals surface area contributed by atoms with Gasteiger partial charge in [-0.3, -0.25) is 9.69 Å². The van der Waals surface area contributed by atoms with Crippen molar-refractivity contribution >= 4 is 0 Å². The Bertz CT molecular complexity index is 943. The number of hydrogen-bond donors (Lipinski definition) is 2. The lowest BCUT2D eigenvalue weighted by Crippen LogP contribution is -2.42. The average Bonchev–Trinajstić information content (AvgIpc) is 3.53. The Hall–Kier alpha value is -2.18. The Balaban J connectivity index is 1.31. The van der Waals surface area contributed by atoms with Gasteiger partial charge in [-0.15, -0.1) is 0 Å². The maximum atomic E-state index is 12.6. The Kier molecular flexibility index (Phi) is 4.92. The zero-order valence-electron chi connectivity index (χ0n) is 16.8. The molecule has 2 aliphatic carbocycles. The minimum absolute atomic E-state index is 0.0228. The molecule has 2 aromatic rings. The van der Waals surface area contributed by atoms with Crippen LogP contribution in [0.2, 0.25) is 0 Å². The van der Waals surface area contributed by atoms with Crippen LogP contribution >= 0.6 is 0 Å². The molecule has 1 aromatic heterocycles. The van der Waals surface area contributed by atoms with Crippen molar-refractivity contribution in [3.8, 4) is 5.75 Å². The molecule has 2 N–H and O–H groups in total. The van der Waals surface area contributed by atoms with Crippen LogP contribution in [0.4, 0.5) is 0 Å².